The first-order valence-corrected chi connectivity index (χ1v) is 13.7. The van der Waals surface area contributed by atoms with Crippen molar-refractivity contribution in [2.45, 2.75) is 38.6 Å². The molecule has 0 fully saturated rings. The quantitative estimate of drug-likeness (QED) is 0.255. The molecule has 0 spiro atoms. The number of ether oxygens (including phenoxy) is 1. The average Bonchev–Trinajstić information content (AvgIpc) is 3.24. The van der Waals surface area contributed by atoms with Crippen molar-refractivity contribution in [3.63, 3.8) is 0 Å². The number of anilines is 1. The van der Waals surface area contributed by atoms with Gasteiger partial charge < -0.3 is 19.6 Å². The molecule has 1 unspecified atom stereocenters. The third-order valence-electron chi connectivity index (χ3n) is 6.51. The van der Waals surface area contributed by atoms with E-state index in [2.05, 4.69) is 10.0 Å². The zero-order chi connectivity index (χ0) is 28.5. The number of hydrogen-bond acceptors (Lipinski definition) is 6. The van der Waals surface area contributed by atoms with E-state index in [9.17, 15) is 23.1 Å². The number of rotatable bonds is 9. The second-order valence-corrected chi connectivity index (χ2v) is 11.3. The number of amides is 1. The fourth-order valence-electron chi connectivity index (χ4n) is 4.36. The molecule has 1 aromatic heterocycles. The van der Waals surface area contributed by atoms with Gasteiger partial charge in [0, 0.05) is 11.3 Å². The first-order valence-electron chi connectivity index (χ1n) is 12.3. The van der Waals surface area contributed by atoms with Crippen molar-refractivity contribution in [1.29, 1.82) is 0 Å². The normalized spacial score (nSPS) is 12.5. The maximum Gasteiger partial charge on any atom is 0.322 e. The highest BCUT2D eigenvalue weighted by Gasteiger charge is 2.28. The Kier molecular flexibility index (Phi) is 7.80. The number of carbonyl (C=O) groups is 2. The molecule has 0 saturated carbocycles. The Morgan fingerprint density at radius 1 is 0.923 bits per heavy atom. The van der Waals surface area contributed by atoms with Crippen LogP contribution in [0.3, 0.4) is 0 Å². The summed E-state index contributed by atoms with van der Waals surface area (Å²) >= 11 is 0. The summed E-state index contributed by atoms with van der Waals surface area (Å²) in [5.74, 6) is -1.17. The summed E-state index contributed by atoms with van der Waals surface area (Å²) in [7, 11) is -2.43. The number of nitrogens with one attached hydrogen (secondary N) is 2. The zero-order valence-electron chi connectivity index (χ0n) is 22.2. The summed E-state index contributed by atoms with van der Waals surface area (Å²) in [6.07, 6.45) is 0. The number of sulfonamides is 1. The monoisotopic (exact) mass is 550 g/mol. The second kappa shape index (κ2) is 10.9. The Morgan fingerprint density at radius 2 is 1.51 bits per heavy atom. The lowest BCUT2D eigenvalue weighted by Gasteiger charge is -2.18. The first kappa shape index (κ1) is 27.9. The van der Waals surface area contributed by atoms with Crippen molar-refractivity contribution >= 4 is 38.6 Å². The minimum Gasteiger partial charge on any atom is -0.496 e. The molecule has 1 amide bonds. The molecule has 1 atom stereocenters. The van der Waals surface area contributed by atoms with Gasteiger partial charge in [0.25, 0.3) is 5.91 Å². The number of aliphatic carboxylic acids is 1. The Balaban J connectivity index is 1.49. The number of carbonyl (C=O) groups excluding carboxylic acids is 1. The lowest BCUT2D eigenvalue weighted by molar-refractivity contribution is -0.140. The summed E-state index contributed by atoms with van der Waals surface area (Å²) in [5, 5.41) is 12.9. The summed E-state index contributed by atoms with van der Waals surface area (Å²) in [6.45, 7) is 7.01. The third-order valence-corrected chi connectivity index (χ3v) is 7.97. The molecule has 1 heterocycles. The van der Waals surface area contributed by atoms with Gasteiger partial charge in [0.2, 0.25) is 10.0 Å². The third kappa shape index (κ3) is 5.67. The molecule has 10 heteroatoms. The van der Waals surface area contributed by atoms with Gasteiger partial charge in [0.05, 0.1) is 17.4 Å². The van der Waals surface area contributed by atoms with Gasteiger partial charge in [-0.25, -0.2) is 8.42 Å². The fraction of sp³-hybridized carbons (Fsp3) is 0.241. The van der Waals surface area contributed by atoms with Gasteiger partial charge in [0.1, 0.15) is 17.4 Å². The van der Waals surface area contributed by atoms with Crippen molar-refractivity contribution in [3.05, 3.63) is 77.6 Å². The molecule has 9 nitrogen and oxygen atoms in total. The summed E-state index contributed by atoms with van der Waals surface area (Å²) in [5.41, 5.74) is 4.31. The predicted octanol–water partition coefficient (Wildman–Crippen LogP) is 5.37. The maximum absolute atomic E-state index is 13.0. The minimum atomic E-state index is -4.01. The SMILES string of the molecule is COc1c(C)ccc2oc(C(=O)Nc3ccc(-c4ccc(S(=O)(=O)NC(C(=O)O)C(C)C)cc4)cc3)c(C)c12. The van der Waals surface area contributed by atoms with Gasteiger partial charge in [-0.3, -0.25) is 9.59 Å². The number of furan rings is 1. The Labute approximate surface area is 226 Å². The van der Waals surface area contributed by atoms with Crippen LogP contribution in [0.2, 0.25) is 0 Å². The molecule has 0 radical (unpaired) electrons. The molecule has 3 aromatic carbocycles. The number of benzene rings is 3. The highest BCUT2D eigenvalue weighted by molar-refractivity contribution is 7.89. The largest absolute Gasteiger partial charge is 0.496 e. The van der Waals surface area contributed by atoms with Gasteiger partial charge in [-0.15, -0.1) is 0 Å². The molecule has 4 rings (SSSR count). The number of methoxy groups -OCH3 is 1. The van der Waals surface area contributed by atoms with Gasteiger partial charge in [-0.1, -0.05) is 44.2 Å². The summed E-state index contributed by atoms with van der Waals surface area (Å²) in [6, 6.07) is 15.7. The van der Waals surface area contributed by atoms with Crippen LogP contribution in [0.15, 0.2) is 70.0 Å². The molecule has 0 bridgehead atoms. The molecule has 0 aliphatic heterocycles. The second-order valence-electron chi connectivity index (χ2n) is 9.58. The van der Waals surface area contributed by atoms with E-state index >= 15 is 0 Å². The number of aryl methyl sites for hydroxylation is 2. The van der Waals surface area contributed by atoms with E-state index in [-0.39, 0.29) is 16.6 Å². The van der Waals surface area contributed by atoms with Crippen LogP contribution in [-0.2, 0) is 14.8 Å². The Bertz CT molecular complexity index is 1640. The summed E-state index contributed by atoms with van der Waals surface area (Å²) < 4.78 is 38.9. The van der Waals surface area contributed by atoms with E-state index < -0.39 is 28.0 Å². The van der Waals surface area contributed by atoms with Crippen LogP contribution < -0.4 is 14.8 Å². The molecule has 39 heavy (non-hydrogen) atoms. The van der Waals surface area contributed by atoms with E-state index in [0.717, 1.165) is 22.1 Å². The van der Waals surface area contributed by atoms with Crippen LogP contribution in [0, 0.1) is 19.8 Å². The standard InChI is InChI=1S/C29H30N2O7S/c1-16(2)25(29(33)34)31-39(35,36)22-13-9-20(10-14-22)19-7-11-21(12-8-19)30-28(32)27-18(4)24-23(38-27)15-6-17(3)26(24)37-5/h6-16,25,31H,1-5H3,(H,30,32)(H,33,34). The van der Waals surface area contributed by atoms with Gasteiger partial charge in [-0.05, 0) is 66.8 Å². The van der Waals surface area contributed by atoms with Gasteiger partial charge in [0.15, 0.2) is 5.76 Å². The molecule has 0 saturated heterocycles. The smallest absolute Gasteiger partial charge is 0.322 e. The van der Waals surface area contributed by atoms with E-state index in [1.807, 2.05) is 26.0 Å². The topological polar surface area (TPSA) is 135 Å². The number of carboxylic acids is 1. The van der Waals surface area contributed by atoms with Crippen LogP contribution >= 0.6 is 0 Å². The molecule has 0 aliphatic rings. The van der Waals surface area contributed by atoms with Gasteiger partial charge >= 0.3 is 5.97 Å². The lowest BCUT2D eigenvalue weighted by Crippen LogP contribution is -2.44. The van der Waals surface area contributed by atoms with Gasteiger partial charge in [-0.2, -0.15) is 4.72 Å². The Morgan fingerprint density at radius 3 is 2.05 bits per heavy atom. The lowest BCUT2D eigenvalue weighted by atomic mass is 10.1. The molecule has 204 valence electrons. The average molecular weight is 551 g/mol. The number of fused-ring (bicyclic) bond motifs is 1. The van der Waals surface area contributed by atoms with Crippen molar-refractivity contribution < 1.29 is 32.3 Å². The molecular formula is C29H30N2O7S. The number of hydrogen-bond donors (Lipinski definition) is 3. The van der Waals surface area contributed by atoms with Crippen molar-refractivity contribution in [2.75, 3.05) is 12.4 Å². The van der Waals surface area contributed by atoms with E-state index in [0.29, 0.717) is 22.6 Å². The molecule has 3 N–H and O–H groups in total. The fourth-order valence-corrected chi connectivity index (χ4v) is 5.69. The van der Waals surface area contributed by atoms with Crippen LogP contribution in [0.1, 0.15) is 35.5 Å². The highest BCUT2D eigenvalue weighted by atomic mass is 32.2. The summed E-state index contributed by atoms with van der Waals surface area (Å²) in [4.78, 5) is 24.4. The van der Waals surface area contributed by atoms with E-state index in [1.54, 1.807) is 57.4 Å². The van der Waals surface area contributed by atoms with Crippen molar-refractivity contribution in [2.24, 2.45) is 5.92 Å². The van der Waals surface area contributed by atoms with Crippen LogP contribution in [0.25, 0.3) is 22.1 Å². The molecule has 0 aliphatic carbocycles. The van der Waals surface area contributed by atoms with Crippen LogP contribution in [0.4, 0.5) is 5.69 Å². The minimum absolute atomic E-state index is 0.0323. The molecule has 4 aromatic rings. The highest BCUT2D eigenvalue weighted by Crippen LogP contribution is 2.36. The van der Waals surface area contributed by atoms with Crippen molar-refractivity contribution in [1.82, 2.24) is 4.72 Å². The van der Waals surface area contributed by atoms with Crippen LogP contribution in [0.5, 0.6) is 5.75 Å². The van der Waals surface area contributed by atoms with E-state index in [4.69, 9.17) is 9.15 Å². The molecular weight excluding hydrogens is 520 g/mol. The first-order chi connectivity index (χ1) is 18.4. The maximum atomic E-state index is 13.0. The Hall–Kier alpha value is -4.15. The zero-order valence-corrected chi connectivity index (χ0v) is 23.0. The van der Waals surface area contributed by atoms with Crippen molar-refractivity contribution in [3.8, 4) is 16.9 Å². The van der Waals surface area contributed by atoms with E-state index in [1.165, 1.54) is 12.1 Å². The predicted molar refractivity (Wildman–Crippen MR) is 149 cm³/mol. The number of carboxylic acid groups (broad SMARTS) is 1. The van der Waals surface area contributed by atoms with Crippen LogP contribution in [-0.4, -0.2) is 38.6 Å².